The summed E-state index contributed by atoms with van der Waals surface area (Å²) < 4.78 is 20.4. The summed E-state index contributed by atoms with van der Waals surface area (Å²) in [5.41, 5.74) is 1.10. The van der Waals surface area contributed by atoms with Crippen LogP contribution in [0, 0.1) is 5.82 Å². The highest BCUT2D eigenvalue weighted by molar-refractivity contribution is 8.00. The zero-order chi connectivity index (χ0) is 22.7. The van der Waals surface area contributed by atoms with Crippen LogP contribution in [0.25, 0.3) is 0 Å². The van der Waals surface area contributed by atoms with Gasteiger partial charge >= 0.3 is 0 Å². The third-order valence-corrected chi connectivity index (χ3v) is 7.03. The van der Waals surface area contributed by atoms with Crippen LogP contribution in [0.1, 0.15) is 18.5 Å². The Kier molecular flexibility index (Phi) is 7.35. The standard InChI is InChI=1S/C23H25ClFN3O3S/c1-15-12-27(9-10-31-15)19(23-16(24)5-4-6-17(23)25)11-26-21(29)13-28-18-7-2-3-8-20(18)32-14-22(28)30/h2-8,15,19H,9-14H2,1H3,(H,26,29). The van der Waals surface area contributed by atoms with Crippen LogP contribution in [0.5, 0.6) is 0 Å². The minimum Gasteiger partial charge on any atom is -0.376 e. The second kappa shape index (κ2) is 10.2. The lowest BCUT2D eigenvalue weighted by Gasteiger charge is -2.38. The summed E-state index contributed by atoms with van der Waals surface area (Å²) in [5, 5.41) is 3.22. The Morgan fingerprint density at radius 3 is 2.91 bits per heavy atom. The van der Waals surface area contributed by atoms with Crippen molar-refractivity contribution in [1.29, 1.82) is 0 Å². The van der Waals surface area contributed by atoms with E-state index in [-0.39, 0.29) is 31.0 Å². The average molecular weight is 478 g/mol. The molecule has 32 heavy (non-hydrogen) atoms. The summed E-state index contributed by atoms with van der Waals surface area (Å²) in [6.45, 7) is 3.76. The molecule has 2 atom stereocenters. The van der Waals surface area contributed by atoms with Gasteiger partial charge in [0.05, 0.1) is 30.2 Å². The van der Waals surface area contributed by atoms with Gasteiger partial charge in [-0.25, -0.2) is 4.39 Å². The van der Waals surface area contributed by atoms with E-state index in [1.807, 2.05) is 31.2 Å². The molecule has 0 radical (unpaired) electrons. The van der Waals surface area contributed by atoms with Gasteiger partial charge in [0, 0.05) is 35.1 Å². The van der Waals surface area contributed by atoms with E-state index in [2.05, 4.69) is 10.2 Å². The van der Waals surface area contributed by atoms with Gasteiger partial charge < -0.3 is 15.0 Å². The monoisotopic (exact) mass is 477 g/mol. The fourth-order valence-electron chi connectivity index (χ4n) is 4.11. The molecule has 1 fully saturated rings. The number of benzene rings is 2. The summed E-state index contributed by atoms with van der Waals surface area (Å²) in [6.07, 6.45) is -0.00697. The second-order valence-electron chi connectivity index (χ2n) is 7.87. The molecule has 4 rings (SSSR count). The quantitative estimate of drug-likeness (QED) is 0.690. The number of carbonyl (C=O) groups is 2. The van der Waals surface area contributed by atoms with Crippen LogP contribution >= 0.6 is 23.4 Å². The summed E-state index contributed by atoms with van der Waals surface area (Å²) in [5.74, 6) is -0.532. The van der Waals surface area contributed by atoms with Gasteiger partial charge in [-0.15, -0.1) is 11.8 Å². The van der Waals surface area contributed by atoms with Crippen molar-refractivity contribution in [2.75, 3.05) is 43.4 Å². The van der Waals surface area contributed by atoms with Gasteiger partial charge in [0.2, 0.25) is 11.8 Å². The van der Waals surface area contributed by atoms with Gasteiger partial charge in [-0.3, -0.25) is 14.5 Å². The number of nitrogens with zero attached hydrogens (tertiary/aromatic N) is 2. The molecule has 1 saturated heterocycles. The van der Waals surface area contributed by atoms with Crippen molar-refractivity contribution in [1.82, 2.24) is 10.2 Å². The van der Waals surface area contributed by atoms with Crippen molar-refractivity contribution in [2.24, 2.45) is 0 Å². The van der Waals surface area contributed by atoms with Crippen molar-refractivity contribution < 1.29 is 18.7 Å². The fourth-order valence-corrected chi connectivity index (χ4v) is 5.33. The number of carbonyl (C=O) groups excluding carboxylic acids is 2. The number of fused-ring (bicyclic) bond motifs is 1. The van der Waals surface area contributed by atoms with Crippen molar-refractivity contribution in [3.8, 4) is 0 Å². The van der Waals surface area contributed by atoms with Crippen LogP contribution in [0.15, 0.2) is 47.4 Å². The predicted octanol–water partition coefficient (Wildman–Crippen LogP) is 3.50. The van der Waals surface area contributed by atoms with E-state index in [0.717, 1.165) is 10.6 Å². The Hall–Kier alpha value is -2.13. The summed E-state index contributed by atoms with van der Waals surface area (Å²) >= 11 is 7.83. The molecule has 1 N–H and O–H groups in total. The van der Waals surface area contributed by atoms with Crippen molar-refractivity contribution in [3.63, 3.8) is 0 Å². The van der Waals surface area contributed by atoms with Gasteiger partial charge in [-0.1, -0.05) is 29.8 Å². The molecule has 2 aromatic rings. The van der Waals surface area contributed by atoms with E-state index in [9.17, 15) is 14.0 Å². The Morgan fingerprint density at radius 1 is 1.31 bits per heavy atom. The van der Waals surface area contributed by atoms with Crippen LogP contribution in [-0.2, 0) is 14.3 Å². The Balaban J connectivity index is 1.50. The molecule has 2 unspecified atom stereocenters. The van der Waals surface area contributed by atoms with Crippen LogP contribution in [-0.4, -0.2) is 61.4 Å². The zero-order valence-electron chi connectivity index (χ0n) is 17.7. The Labute approximate surface area is 196 Å². The summed E-state index contributed by atoms with van der Waals surface area (Å²) in [4.78, 5) is 29.9. The first kappa shape index (κ1) is 23.0. The van der Waals surface area contributed by atoms with Gasteiger partial charge in [0.15, 0.2) is 0 Å². The van der Waals surface area contributed by atoms with Gasteiger partial charge in [0.1, 0.15) is 12.4 Å². The molecule has 0 aliphatic carbocycles. The number of morpholine rings is 1. The van der Waals surface area contributed by atoms with E-state index in [0.29, 0.717) is 36.0 Å². The molecular weight excluding hydrogens is 453 g/mol. The minimum absolute atomic E-state index is 0.00697. The maximum absolute atomic E-state index is 14.8. The third-order valence-electron chi connectivity index (χ3n) is 5.65. The van der Waals surface area contributed by atoms with Crippen LogP contribution in [0.4, 0.5) is 10.1 Å². The predicted molar refractivity (Wildman–Crippen MR) is 124 cm³/mol. The number of para-hydroxylation sites is 1. The number of hydrogen-bond donors (Lipinski definition) is 1. The number of nitrogens with one attached hydrogen (secondary N) is 1. The minimum atomic E-state index is -0.445. The SMILES string of the molecule is CC1CN(C(CNC(=O)CN2C(=O)CSc3ccccc32)c2c(F)cccc2Cl)CCO1. The maximum atomic E-state index is 14.8. The Bertz CT molecular complexity index is 988. The smallest absolute Gasteiger partial charge is 0.240 e. The number of anilines is 1. The van der Waals surface area contributed by atoms with Crippen LogP contribution in [0.3, 0.4) is 0 Å². The Morgan fingerprint density at radius 2 is 2.12 bits per heavy atom. The topological polar surface area (TPSA) is 61.9 Å². The zero-order valence-corrected chi connectivity index (χ0v) is 19.3. The highest BCUT2D eigenvalue weighted by atomic mass is 35.5. The van der Waals surface area contributed by atoms with Crippen LogP contribution in [0.2, 0.25) is 5.02 Å². The van der Waals surface area contributed by atoms with E-state index in [1.165, 1.54) is 22.7 Å². The molecule has 0 spiro atoms. The summed E-state index contributed by atoms with van der Waals surface area (Å²) in [7, 11) is 0. The molecule has 2 amide bonds. The molecule has 2 aliphatic heterocycles. The van der Waals surface area contributed by atoms with Crippen molar-refractivity contribution in [2.45, 2.75) is 24.0 Å². The van der Waals surface area contributed by atoms with Crippen molar-refractivity contribution in [3.05, 3.63) is 58.9 Å². The highest BCUT2D eigenvalue weighted by Crippen LogP contribution is 2.35. The number of rotatable bonds is 6. The first-order chi connectivity index (χ1) is 15.4. The molecule has 2 heterocycles. The molecule has 9 heteroatoms. The number of halogens is 2. The molecule has 170 valence electrons. The number of ether oxygens (including phenoxy) is 1. The van der Waals surface area contributed by atoms with Crippen molar-refractivity contribution >= 4 is 40.9 Å². The summed E-state index contributed by atoms with van der Waals surface area (Å²) in [6, 6.07) is 11.7. The van der Waals surface area contributed by atoms with Gasteiger partial charge in [-0.05, 0) is 31.2 Å². The lowest BCUT2D eigenvalue weighted by Crippen LogP contribution is -2.48. The number of thioether (sulfide) groups is 1. The van der Waals surface area contributed by atoms with E-state index >= 15 is 0 Å². The van der Waals surface area contributed by atoms with Gasteiger partial charge in [-0.2, -0.15) is 0 Å². The van der Waals surface area contributed by atoms with E-state index in [4.69, 9.17) is 16.3 Å². The highest BCUT2D eigenvalue weighted by Gasteiger charge is 2.31. The molecule has 2 aliphatic rings. The number of hydrogen-bond acceptors (Lipinski definition) is 5. The molecule has 0 aromatic heterocycles. The molecule has 0 bridgehead atoms. The van der Waals surface area contributed by atoms with E-state index in [1.54, 1.807) is 12.1 Å². The normalized spacial score (nSPS) is 20.0. The largest absolute Gasteiger partial charge is 0.376 e. The third kappa shape index (κ3) is 5.09. The lowest BCUT2D eigenvalue weighted by molar-refractivity contribution is -0.123. The lowest BCUT2D eigenvalue weighted by atomic mass is 10.0. The fraction of sp³-hybridized carbons (Fsp3) is 0.391. The van der Waals surface area contributed by atoms with Gasteiger partial charge in [0.25, 0.3) is 0 Å². The molecule has 0 saturated carbocycles. The van der Waals surface area contributed by atoms with Crippen LogP contribution < -0.4 is 10.2 Å². The van der Waals surface area contributed by atoms with E-state index < -0.39 is 11.9 Å². The molecule has 2 aromatic carbocycles. The first-order valence-electron chi connectivity index (χ1n) is 10.5. The average Bonchev–Trinajstić information content (AvgIpc) is 2.77. The molecular formula is C23H25ClFN3O3S. The first-order valence-corrected chi connectivity index (χ1v) is 11.9. The molecule has 6 nitrogen and oxygen atoms in total. The maximum Gasteiger partial charge on any atom is 0.240 e. The second-order valence-corrected chi connectivity index (χ2v) is 9.29. The number of amides is 2.